The molecule has 5 heteroatoms. The van der Waals surface area contributed by atoms with Crippen LogP contribution >= 0.6 is 0 Å². The second-order valence-corrected chi connectivity index (χ2v) is 6.67. The summed E-state index contributed by atoms with van der Waals surface area (Å²) in [5.41, 5.74) is 1.98. The number of piperazine rings is 1. The summed E-state index contributed by atoms with van der Waals surface area (Å²) in [6.07, 6.45) is 2.57. The van der Waals surface area contributed by atoms with Crippen molar-refractivity contribution in [3.8, 4) is 17.2 Å². The summed E-state index contributed by atoms with van der Waals surface area (Å²) in [7, 11) is 0. The Balaban J connectivity index is 1.59. The van der Waals surface area contributed by atoms with Crippen LogP contribution in [0.1, 0.15) is 31.2 Å². The van der Waals surface area contributed by atoms with E-state index in [4.69, 9.17) is 14.1 Å². The topological polar surface area (TPSA) is 50.5 Å². The predicted molar refractivity (Wildman–Crippen MR) is 93.1 cm³/mol. The summed E-state index contributed by atoms with van der Waals surface area (Å²) in [6, 6.07) is 9.22. The third kappa shape index (κ3) is 2.82. The first kappa shape index (κ1) is 15.7. The monoisotopic (exact) mass is 327 g/mol. The fourth-order valence-corrected chi connectivity index (χ4v) is 3.92. The maximum atomic E-state index is 5.99. The Morgan fingerprint density at radius 2 is 2.00 bits per heavy atom. The molecule has 2 fully saturated rings. The molecule has 1 N–H and O–H groups in total. The van der Waals surface area contributed by atoms with E-state index in [0.29, 0.717) is 24.6 Å². The van der Waals surface area contributed by atoms with Gasteiger partial charge in [-0.25, -0.2) is 4.98 Å². The van der Waals surface area contributed by atoms with Gasteiger partial charge in [0.25, 0.3) is 0 Å². The van der Waals surface area contributed by atoms with E-state index >= 15 is 0 Å². The summed E-state index contributed by atoms with van der Waals surface area (Å²) >= 11 is 0. The van der Waals surface area contributed by atoms with E-state index in [0.717, 1.165) is 42.4 Å². The van der Waals surface area contributed by atoms with Gasteiger partial charge >= 0.3 is 0 Å². The fourth-order valence-electron chi connectivity index (χ4n) is 3.92. The fraction of sp³-hybridized carbons (Fsp3) is 0.526. The van der Waals surface area contributed by atoms with E-state index in [1.807, 2.05) is 38.1 Å². The van der Waals surface area contributed by atoms with E-state index in [1.54, 1.807) is 0 Å². The molecule has 1 aromatic heterocycles. The number of rotatable bonds is 5. The zero-order chi connectivity index (χ0) is 16.5. The van der Waals surface area contributed by atoms with Gasteiger partial charge in [-0.3, -0.25) is 4.90 Å². The van der Waals surface area contributed by atoms with Crippen LogP contribution in [0.4, 0.5) is 0 Å². The number of hydrogen-bond donors (Lipinski definition) is 1. The number of aromatic nitrogens is 1. The summed E-state index contributed by atoms with van der Waals surface area (Å²) < 4.78 is 11.7. The van der Waals surface area contributed by atoms with Gasteiger partial charge in [-0.05, 0) is 38.8 Å². The van der Waals surface area contributed by atoms with Gasteiger partial charge in [0.1, 0.15) is 11.5 Å². The van der Waals surface area contributed by atoms with E-state index < -0.39 is 0 Å². The van der Waals surface area contributed by atoms with E-state index in [1.165, 1.54) is 12.8 Å². The number of nitrogens with zero attached hydrogens (tertiary/aromatic N) is 2. The molecule has 2 aliphatic rings. The lowest BCUT2D eigenvalue weighted by molar-refractivity contribution is 0.143. The Bertz CT molecular complexity index is 696. The lowest BCUT2D eigenvalue weighted by Crippen LogP contribution is -2.51. The van der Waals surface area contributed by atoms with Crippen molar-refractivity contribution in [1.82, 2.24) is 15.2 Å². The molecule has 0 spiro atoms. The lowest BCUT2D eigenvalue weighted by Gasteiger charge is -2.34. The zero-order valence-electron chi connectivity index (χ0n) is 14.4. The Kier molecular flexibility index (Phi) is 4.29. The van der Waals surface area contributed by atoms with Crippen LogP contribution in [0.3, 0.4) is 0 Å². The van der Waals surface area contributed by atoms with Gasteiger partial charge in [0, 0.05) is 31.7 Å². The van der Waals surface area contributed by atoms with Crippen molar-refractivity contribution in [2.45, 2.75) is 45.3 Å². The van der Waals surface area contributed by atoms with Gasteiger partial charge in [0.05, 0.1) is 17.9 Å². The minimum Gasteiger partial charge on any atom is -0.493 e. The Labute approximate surface area is 143 Å². The van der Waals surface area contributed by atoms with Crippen molar-refractivity contribution in [3.63, 3.8) is 0 Å². The quantitative estimate of drug-likeness (QED) is 0.915. The van der Waals surface area contributed by atoms with Crippen molar-refractivity contribution < 1.29 is 9.15 Å². The van der Waals surface area contributed by atoms with Gasteiger partial charge in [0.2, 0.25) is 5.89 Å². The minimum atomic E-state index is 0.633. The highest BCUT2D eigenvalue weighted by Crippen LogP contribution is 2.33. The molecule has 0 aliphatic carbocycles. The Morgan fingerprint density at radius 1 is 1.25 bits per heavy atom. The number of aryl methyl sites for hydroxylation is 1. The number of hydrogen-bond acceptors (Lipinski definition) is 5. The number of fused-ring (bicyclic) bond motifs is 2. The molecular formula is C19H25N3O2. The van der Waals surface area contributed by atoms with Crippen LogP contribution < -0.4 is 10.1 Å². The molecular weight excluding hydrogens is 302 g/mol. The van der Waals surface area contributed by atoms with Crippen molar-refractivity contribution in [2.24, 2.45) is 0 Å². The standard InChI is InChI=1S/C19H25N3O2/c1-3-23-18-7-5-4-6-16(18)19-21-17(13(2)24-19)12-22-14-8-9-15(22)11-20-10-14/h4-7,14-15,20H,3,8-12H2,1-2H3/t14-,15+. The average molecular weight is 327 g/mol. The normalized spacial score (nSPS) is 23.6. The van der Waals surface area contributed by atoms with Crippen molar-refractivity contribution in [3.05, 3.63) is 35.7 Å². The molecule has 1 aromatic carbocycles. The maximum absolute atomic E-state index is 5.99. The summed E-state index contributed by atoms with van der Waals surface area (Å²) in [5, 5.41) is 3.53. The van der Waals surface area contributed by atoms with Crippen LogP contribution in [0.2, 0.25) is 0 Å². The van der Waals surface area contributed by atoms with E-state index in [9.17, 15) is 0 Å². The van der Waals surface area contributed by atoms with Gasteiger partial charge in [-0.2, -0.15) is 0 Å². The second-order valence-electron chi connectivity index (χ2n) is 6.67. The first-order chi connectivity index (χ1) is 11.8. The highest BCUT2D eigenvalue weighted by molar-refractivity contribution is 5.63. The van der Waals surface area contributed by atoms with Crippen LogP contribution in [0, 0.1) is 6.92 Å². The maximum Gasteiger partial charge on any atom is 0.230 e. The number of benzene rings is 1. The van der Waals surface area contributed by atoms with Crippen LogP contribution in [-0.4, -0.2) is 41.7 Å². The van der Waals surface area contributed by atoms with Gasteiger partial charge in [-0.1, -0.05) is 12.1 Å². The molecule has 2 bridgehead atoms. The third-order valence-electron chi connectivity index (χ3n) is 5.17. The second kappa shape index (κ2) is 6.57. The lowest BCUT2D eigenvalue weighted by atomic mass is 10.2. The highest BCUT2D eigenvalue weighted by atomic mass is 16.5. The first-order valence-corrected chi connectivity index (χ1v) is 8.91. The van der Waals surface area contributed by atoms with Crippen LogP contribution in [0.25, 0.3) is 11.5 Å². The van der Waals surface area contributed by atoms with Gasteiger partial charge in [0.15, 0.2) is 0 Å². The van der Waals surface area contributed by atoms with Crippen LogP contribution in [0.5, 0.6) is 5.75 Å². The number of oxazole rings is 1. The molecule has 3 heterocycles. The van der Waals surface area contributed by atoms with Gasteiger partial charge < -0.3 is 14.5 Å². The molecule has 128 valence electrons. The molecule has 2 aromatic rings. The predicted octanol–water partition coefficient (Wildman–Crippen LogP) is 2.98. The summed E-state index contributed by atoms with van der Waals surface area (Å²) in [4.78, 5) is 7.40. The molecule has 0 radical (unpaired) electrons. The zero-order valence-corrected chi connectivity index (χ0v) is 14.4. The SMILES string of the molecule is CCOc1ccccc1-c1nc(CN2[C@@H]3CC[C@H]2CNC3)c(C)o1. The Morgan fingerprint density at radius 3 is 2.75 bits per heavy atom. The largest absolute Gasteiger partial charge is 0.493 e. The Hall–Kier alpha value is -1.85. The van der Waals surface area contributed by atoms with Gasteiger partial charge in [-0.15, -0.1) is 0 Å². The van der Waals surface area contributed by atoms with Crippen molar-refractivity contribution >= 4 is 0 Å². The number of nitrogens with one attached hydrogen (secondary N) is 1. The third-order valence-corrected chi connectivity index (χ3v) is 5.17. The summed E-state index contributed by atoms with van der Waals surface area (Å²) in [6.45, 7) is 7.69. The van der Waals surface area contributed by atoms with E-state index in [2.05, 4.69) is 10.2 Å². The number of ether oxygens (including phenoxy) is 1. The van der Waals surface area contributed by atoms with Crippen LogP contribution in [-0.2, 0) is 6.54 Å². The number of para-hydroxylation sites is 1. The molecule has 24 heavy (non-hydrogen) atoms. The van der Waals surface area contributed by atoms with Crippen molar-refractivity contribution in [1.29, 1.82) is 0 Å². The first-order valence-electron chi connectivity index (χ1n) is 8.91. The smallest absolute Gasteiger partial charge is 0.230 e. The van der Waals surface area contributed by atoms with E-state index in [-0.39, 0.29) is 0 Å². The summed E-state index contributed by atoms with van der Waals surface area (Å²) in [5.74, 6) is 2.40. The highest BCUT2D eigenvalue weighted by Gasteiger charge is 2.37. The molecule has 2 aliphatic heterocycles. The molecule has 2 atom stereocenters. The molecule has 0 saturated carbocycles. The molecule has 0 unspecified atom stereocenters. The average Bonchev–Trinajstić information content (AvgIpc) is 3.04. The molecule has 5 nitrogen and oxygen atoms in total. The minimum absolute atomic E-state index is 0.633. The molecule has 0 amide bonds. The van der Waals surface area contributed by atoms with Crippen LogP contribution in [0.15, 0.2) is 28.7 Å². The molecule has 2 saturated heterocycles. The molecule has 4 rings (SSSR count). The van der Waals surface area contributed by atoms with Crippen molar-refractivity contribution in [2.75, 3.05) is 19.7 Å².